The van der Waals surface area contributed by atoms with Gasteiger partial charge in [-0.25, -0.2) is 13.1 Å². The minimum Gasteiger partial charge on any atom is -0.328 e. The van der Waals surface area contributed by atoms with Crippen molar-refractivity contribution < 1.29 is 18.0 Å². The first-order valence-electron chi connectivity index (χ1n) is 7.86. The zero-order chi connectivity index (χ0) is 17.5. The smallest absolute Gasteiger partial charge is 0.264 e. The molecule has 1 saturated carbocycles. The standard InChI is InChI=1S/C16H19ClN2O4S/c1-16(8-9-19(16)14(20)10-11-2-3-11)15(21)18-24(22,23)13-6-4-12(17)5-7-13/h4-7,11H,2-3,8-10H2,1H3,(H,18,21). The molecule has 2 aliphatic rings. The van der Waals surface area contributed by atoms with Crippen LogP contribution in [0.1, 0.15) is 32.6 Å². The van der Waals surface area contributed by atoms with E-state index in [0.717, 1.165) is 12.8 Å². The third-order valence-corrected chi connectivity index (χ3v) is 6.32. The van der Waals surface area contributed by atoms with Gasteiger partial charge >= 0.3 is 0 Å². The summed E-state index contributed by atoms with van der Waals surface area (Å²) in [7, 11) is -3.99. The lowest BCUT2D eigenvalue weighted by Crippen LogP contribution is -2.67. The summed E-state index contributed by atoms with van der Waals surface area (Å²) in [5.74, 6) is -0.332. The Hall–Kier alpha value is -1.60. The number of rotatable bonds is 5. The summed E-state index contributed by atoms with van der Waals surface area (Å²) in [4.78, 5) is 26.2. The van der Waals surface area contributed by atoms with Gasteiger partial charge in [0.15, 0.2) is 0 Å². The summed E-state index contributed by atoms with van der Waals surface area (Å²) in [6.45, 7) is 2.09. The van der Waals surface area contributed by atoms with Crippen LogP contribution in [0.3, 0.4) is 0 Å². The molecule has 1 N–H and O–H groups in total. The molecule has 3 rings (SSSR count). The van der Waals surface area contributed by atoms with E-state index >= 15 is 0 Å². The lowest BCUT2D eigenvalue weighted by atomic mass is 9.85. The number of carbonyl (C=O) groups excluding carboxylic acids is 2. The molecule has 8 heteroatoms. The molecule has 130 valence electrons. The number of likely N-dealkylation sites (tertiary alicyclic amines) is 1. The van der Waals surface area contributed by atoms with E-state index in [1.165, 1.54) is 29.2 Å². The Morgan fingerprint density at radius 1 is 1.29 bits per heavy atom. The van der Waals surface area contributed by atoms with Crippen molar-refractivity contribution in [1.82, 2.24) is 9.62 Å². The summed E-state index contributed by atoms with van der Waals surface area (Å²) >= 11 is 5.75. The predicted molar refractivity (Wildman–Crippen MR) is 88.9 cm³/mol. The van der Waals surface area contributed by atoms with E-state index in [4.69, 9.17) is 11.6 Å². The van der Waals surface area contributed by atoms with Gasteiger partial charge in [0, 0.05) is 18.0 Å². The molecule has 0 bridgehead atoms. The fourth-order valence-electron chi connectivity index (χ4n) is 2.78. The average molecular weight is 371 g/mol. The van der Waals surface area contributed by atoms with Crippen molar-refractivity contribution in [3.8, 4) is 0 Å². The highest BCUT2D eigenvalue weighted by Gasteiger charge is 2.50. The fourth-order valence-corrected chi connectivity index (χ4v) is 3.98. The number of hydrogen-bond donors (Lipinski definition) is 1. The zero-order valence-corrected chi connectivity index (χ0v) is 14.9. The molecule has 1 heterocycles. The molecule has 1 aromatic carbocycles. The van der Waals surface area contributed by atoms with E-state index in [0.29, 0.717) is 30.3 Å². The van der Waals surface area contributed by atoms with Crippen LogP contribution in [0.2, 0.25) is 5.02 Å². The number of carbonyl (C=O) groups is 2. The van der Waals surface area contributed by atoms with Crippen LogP contribution in [0.15, 0.2) is 29.2 Å². The summed E-state index contributed by atoms with van der Waals surface area (Å²) in [6.07, 6.45) is 2.99. The maximum absolute atomic E-state index is 12.5. The summed E-state index contributed by atoms with van der Waals surface area (Å²) < 4.78 is 26.7. The SMILES string of the molecule is CC1(C(=O)NS(=O)(=O)c2ccc(Cl)cc2)CCN1C(=O)CC1CC1. The molecule has 0 spiro atoms. The maximum atomic E-state index is 12.5. The lowest BCUT2D eigenvalue weighted by molar-refractivity contribution is -0.156. The molecule has 0 radical (unpaired) electrons. The summed E-state index contributed by atoms with van der Waals surface area (Å²) in [5.41, 5.74) is -1.11. The van der Waals surface area contributed by atoms with Gasteiger partial charge in [-0.2, -0.15) is 0 Å². The number of halogens is 1. The lowest BCUT2D eigenvalue weighted by Gasteiger charge is -2.49. The molecule has 1 unspecified atom stereocenters. The molecule has 1 atom stereocenters. The Morgan fingerprint density at radius 3 is 2.42 bits per heavy atom. The Labute approximate surface area is 146 Å². The number of nitrogens with zero attached hydrogens (tertiary/aromatic N) is 1. The van der Waals surface area contributed by atoms with Gasteiger partial charge in [0.05, 0.1) is 4.90 Å². The van der Waals surface area contributed by atoms with Crippen molar-refractivity contribution >= 4 is 33.4 Å². The topological polar surface area (TPSA) is 83.6 Å². The Balaban J connectivity index is 1.71. The molecule has 0 aromatic heterocycles. The normalized spacial score (nSPS) is 23.5. The van der Waals surface area contributed by atoms with E-state index < -0.39 is 21.5 Å². The molecular formula is C16H19ClN2O4S. The number of hydrogen-bond acceptors (Lipinski definition) is 4. The largest absolute Gasteiger partial charge is 0.328 e. The van der Waals surface area contributed by atoms with Crippen molar-refractivity contribution in [3.63, 3.8) is 0 Å². The first kappa shape index (κ1) is 17.2. The second kappa shape index (κ2) is 6.04. The van der Waals surface area contributed by atoms with Crippen molar-refractivity contribution in [2.24, 2.45) is 5.92 Å². The molecule has 6 nitrogen and oxygen atoms in total. The van der Waals surface area contributed by atoms with Crippen LogP contribution in [-0.2, 0) is 19.6 Å². The van der Waals surface area contributed by atoms with Crippen LogP contribution >= 0.6 is 11.6 Å². The van der Waals surface area contributed by atoms with Crippen molar-refractivity contribution in [1.29, 1.82) is 0 Å². The zero-order valence-electron chi connectivity index (χ0n) is 13.3. The van der Waals surface area contributed by atoms with E-state index in [2.05, 4.69) is 4.72 Å². The predicted octanol–water partition coefficient (Wildman–Crippen LogP) is 1.94. The van der Waals surface area contributed by atoms with Gasteiger partial charge in [-0.05, 0) is 56.4 Å². The first-order chi connectivity index (χ1) is 11.2. The van der Waals surface area contributed by atoms with Gasteiger partial charge in [-0.1, -0.05) is 11.6 Å². The van der Waals surface area contributed by atoms with Crippen LogP contribution in [-0.4, -0.2) is 37.2 Å². The van der Waals surface area contributed by atoms with Gasteiger partial charge in [0.2, 0.25) is 5.91 Å². The van der Waals surface area contributed by atoms with Crippen molar-refractivity contribution in [3.05, 3.63) is 29.3 Å². The Morgan fingerprint density at radius 2 is 1.92 bits per heavy atom. The first-order valence-corrected chi connectivity index (χ1v) is 9.72. The van der Waals surface area contributed by atoms with Crippen LogP contribution < -0.4 is 4.72 Å². The molecule has 2 fully saturated rings. The quantitative estimate of drug-likeness (QED) is 0.858. The summed E-state index contributed by atoms with van der Waals surface area (Å²) in [5, 5.41) is 0.406. The maximum Gasteiger partial charge on any atom is 0.264 e. The van der Waals surface area contributed by atoms with Crippen molar-refractivity contribution in [2.75, 3.05) is 6.54 Å². The second-order valence-corrected chi connectivity index (χ2v) is 8.72. The van der Waals surface area contributed by atoms with Gasteiger partial charge in [-0.3, -0.25) is 9.59 Å². The number of benzene rings is 1. The minimum atomic E-state index is -3.99. The molecule has 1 aromatic rings. The van der Waals surface area contributed by atoms with E-state index in [1.807, 2.05) is 0 Å². The highest BCUT2D eigenvalue weighted by atomic mass is 35.5. The van der Waals surface area contributed by atoms with Crippen LogP contribution in [0.25, 0.3) is 0 Å². The molecule has 1 saturated heterocycles. The Kier molecular flexibility index (Phi) is 4.34. The van der Waals surface area contributed by atoms with E-state index in [1.54, 1.807) is 6.92 Å². The third-order valence-electron chi connectivity index (χ3n) is 4.72. The van der Waals surface area contributed by atoms with Crippen LogP contribution in [0, 0.1) is 5.92 Å². The monoisotopic (exact) mass is 370 g/mol. The number of amides is 2. The molecule has 1 aliphatic heterocycles. The third kappa shape index (κ3) is 3.28. The highest BCUT2D eigenvalue weighted by molar-refractivity contribution is 7.90. The molecule has 24 heavy (non-hydrogen) atoms. The van der Waals surface area contributed by atoms with Crippen LogP contribution in [0.4, 0.5) is 0 Å². The fraction of sp³-hybridized carbons (Fsp3) is 0.500. The summed E-state index contributed by atoms with van der Waals surface area (Å²) in [6, 6.07) is 5.54. The highest BCUT2D eigenvalue weighted by Crippen LogP contribution is 2.37. The molecule has 1 aliphatic carbocycles. The van der Waals surface area contributed by atoms with E-state index in [-0.39, 0.29) is 10.8 Å². The van der Waals surface area contributed by atoms with Crippen molar-refractivity contribution in [2.45, 2.75) is 43.0 Å². The Bertz CT molecular complexity index is 774. The number of nitrogens with one attached hydrogen (secondary N) is 1. The van der Waals surface area contributed by atoms with E-state index in [9.17, 15) is 18.0 Å². The number of sulfonamides is 1. The van der Waals surface area contributed by atoms with Gasteiger partial charge in [0.1, 0.15) is 5.54 Å². The second-order valence-electron chi connectivity index (χ2n) is 6.61. The molecule has 2 amide bonds. The minimum absolute atomic E-state index is 0.0426. The van der Waals surface area contributed by atoms with Gasteiger partial charge < -0.3 is 4.90 Å². The van der Waals surface area contributed by atoms with Gasteiger partial charge in [-0.15, -0.1) is 0 Å². The average Bonchev–Trinajstić information content (AvgIpc) is 3.29. The van der Waals surface area contributed by atoms with Crippen LogP contribution in [0.5, 0.6) is 0 Å². The van der Waals surface area contributed by atoms with Gasteiger partial charge in [0.25, 0.3) is 15.9 Å². The molecular weight excluding hydrogens is 352 g/mol.